The molecule has 0 atom stereocenters. The van der Waals surface area contributed by atoms with E-state index in [0.29, 0.717) is 28.4 Å². The van der Waals surface area contributed by atoms with Crippen LogP contribution in [0.4, 0.5) is 0 Å². The highest BCUT2D eigenvalue weighted by molar-refractivity contribution is 6.31. The molecule has 0 saturated carbocycles. The third-order valence-electron chi connectivity index (χ3n) is 2.89. The van der Waals surface area contributed by atoms with Crippen LogP contribution in [0.2, 0.25) is 10.0 Å². The van der Waals surface area contributed by atoms with Crippen molar-refractivity contribution < 1.29 is 4.42 Å². The first-order valence-electron chi connectivity index (χ1n) is 5.90. The average Bonchev–Trinajstić information content (AvgIpc) is 3.02. The van der Waals surface area contributed by atoms with E-state index in [9.17, 15) is 0 Å². The summed E-state index contributed by atoms with van der Waals surface area (Å²) >= 11 is 11.8. The second-order valence-corrected chi connectivity index (χ2v) is 5.09. The molecule has 0 saturated heterocycles. The van der Waals surface area contributed by atoms with Gasteiger partial charge in [-0.2, -0.15) is 5.10 Å². The van der Waals surface area contributed by atoms with Gasteiger partial charge in [0.05, 0.1) is 16.9 Å². The van der Waals surface area contributed by atoms with Crippen LogP contribution in [0.3, 0.4) is 0 Å². The molecule has 5 nitrogen and oxygen atoms in total. The van der Waals surface area contributed by atoms with Gasteiger partial charge in [-0.15, -0.1) is 10.2 Å². The number of aromatic nitrogens is 4. The van der Waals surface area contributed by atoms with Crippen molar-refractivity contribution in [2.24, 2.45) is 0 Å². The Balaban J connectivity index is 1.83. The predicted molar refractivity (Wildman–Crippen MR) is 75.8 cm³/mol. The Labute approximate surface area is 125 Å². The molecule has 0 spiro atoms. The van der Waals surface area contributed by atoms with Crippen LogP contribution in [0.15, 0.2) is 34.9 Å². The number of nitrogens with zero attached hydrogens (tertiary/aromatic N) is 4. The van der Waals surface area contributed by atoms with Crippen LogP contribution >= 0.6 is 23.2 Å². The van der Waals surface area contributed by atoms with Crippen LogP contribution in [-0.4, -0.2) is 20.0 Å². The van der Waals surface area contributed by atoms with E-state index in [2.05, 4.69) is 15.3 Å². The Kier molecular flexibility index (Phi) is 3.46. The summed E-state index contributed by atoms with van der Waals surface area (Å²) in [7, 11) is 0. The maximum absolute atomic E-state index is 5.95. The molecule has 1 aromatic carbocycles. The monoisotopic (exact) mass is 308 g/mol. The van der Waals surface area contributed by atoms with E-state index in [-0.39, 0.29) is 0 Å². The van der Waals surface area contributed by atoms with Crippen molar-refractivity contribution in [2.75, 3.05) is 0 Å². The number of rotatable bonds is 3. The average molecular weight is 309 g/mol. The molecule has 102 valence electrons. The fourth-order valence-corrected chi connectivity index (χ4v) is 2.01. The summed E-state index contributed by atoms with van der Waals surface area (Å²) in [6, 6.07) is 7.21. The molecule has 20 heavy (non-hydrogen) atoms. The van der Waals surface area contributed by atoms with E-state index < -0.39 is 0 Å². The Morgan fingerprint density at radius 3 is 2.55 bits per heavy atom. The molecule has 3 rings (SSSR count). The molecule has 0 aliphatic carbocycles. The first-order chi connectivity index (χ1) is 9.63. The van der Waals surface area contributed by atoms with E-state index >= 15 is 0 Å². The van der Waals surface area contributed by atoms with Gasteiger partial charge >= 0.3 is 0 Å². The molecule has 0 bridgehead atoms. The molecule has 0 radical (unpaired) electrons. The van der Waals surface area contributed by atoms with Gasteiger partial charge in [-0.05, 0) is 31.2 Å². The first kappa shape index (κ1) is 13.1. The van der Waals surface area contributed by atoms with Crippen molar-refractivity contribution >= 4 is 23.2 Å². The van der Waals surface area contributed by atoms with Gasteiger partial charge in [0.2, 0.25) is 11.8 Å². The van der Waals surface area contributed by atoms with Crippen LogP contribution in [0.25, 0.3) is 11.5 Å². The summed E-state index contributed by atoms with van der Waals surface area (Å²) in [5, 5.41) is 13.4. The van der Waals surface area contributed by atoms with Gasteiger partial charge in [0.15, 0.2) is 0 Å². The maximum atomic E-state index is 5.95. The first-order valence-corrected chi connectivity index (χ1v) is 6.65. The zero-order valence-electron chi connectivity index (χ0n) is 10.5. The predicted octanol–water partition coefficient (Wildman–Crippen LogP) is 3.60. The highest BCUT2D eigenvalue weighted by Gasteiger charge is 2.11. The molecular weight excluding hydrogens is 299 g/mol. The Hall–Kier alpha value is -1.85. The molecule has 0 fully saturated rings. The summed E-state index contributed by atoms with van der Waals surface area (Å²) < 4.78 is 7.32. The fourth-order valence-electron chi connectivity index (χ4n) is 1.74. The van der Waals surface area contributed by atoms with Gasteiger partial charge < -0.3 is 4.42 Å². The minimum atomic E-state index is 0.388. The van der Waals surface area contributed by atoms with Crippen LogP contribution in [-0.2, 0) is 6.54 Å². The summed E-state index contributed by atoms with van der Waals surface area (Å²) in [4.78, 5) is 0. The zero-order valence-corrected chi connectivity index (χ0v) is 12.1. The quantitative estimate of drug-likeness (QED) is 0.742. The van der Waals surface area contributed by atoms with Crippen molar-refractivity contribution in [1.82, 2.24) is 20.0 Å². The minimum absolute atomic E-state index is 0.388. The lowest BCUT2D eigenvalue weighted by molar-refractivity contribution is 0.470. The molecular formula is C13H10Cl2N4O. The van der Waals surface area contributed by atoms with E-state index in [4.69, 9.17) is 27.6 Å². The molecule has 2 heterocycles. The normalized spacial score (nSPS) is 10.9. The second-order valence-electron chi connectivity index (χ2n) is 4.24. The van der Waals surface area contributed by atoms with Gasteiger partial charge in [-0.3, -0.25) is 4.68 Å². The molecule has 3 aromatic rings. The van der Waals surface area contributed by atoms with Crippen molar-refractivity contribution in [3.8, 4) is 11.5 Å². The lowest BCUT2D eigenvalue weighted by atomic mass is 10.2. The van der Waals surface area contributed by atoms with Crippen molar-refractivity contribution in [3.05, 3.63) is 52.1 Å². The standard InChI is InChI=1S/C13H10Cl2N4O/c1-8-11(15)6-16-19(8)7-12-17-18-13(20-12)9-2-4-10(14)5-3-9/h2-6H,7H2,1H3. The highest BCUT2D eigenvalue weighted by atomic mass is 35.5. The smallest absolute Gasteiger partial charge is 0.247 e. The summed E-state index contributed by atoms with van der Waals surface area (Å²) in [5.41, 5.74) is 1.68. The molecule has 0 N–H and O–H groups in total. The minimum Gasteiger partial charge on any atom is -0.419 e. The van der Waals surface area contributed by atoms with E-state index in [1.54, 1.807) is 23.0 Å². The number of halogens is 2. The molecule has 2 aromatic heterocycles. The molecule has 7 heteroatoms. The third kappa shape index (κ3) is 2.55. The van der Waals surface area contributed by atoms with E-state index in [1.807, 2.05) is 19.1 Å². The Morgan fingerprint density at radius 2 is 1.90 bits per heavy atom. The second kappa shape index (κ2) is 5.26. The highest BCUT2D eigenvalue weighted by Crippen LogP contribution is 2.21. The van der Waals surface area contributed by atoms with E-state index in [0.717, 1.165) is 11.3 Å². The van der Waals surface area contributed by atoms with Gasteiger partial charge in [0.1, 0.15) is 6.54 Å². The molecule has 0 aliphatic rings. The van der Waals surface area contributed by atoms with Crippen LogP contribution in [0.1, 0.15) is 11.6 Å². The van der Waals surface area contributed by atoms with Gasteiger partial charge in [-0.1, -0.05) is 23.2 Å². The summed E-state index contributed by atoms with van der Waals surface area (Å²) in [6.45, 7) is 2.27. The SMILES string of the molecule is Cc1c(Cl)cnn1Cc1nnc(-c2ccc(Cl)cc2)o1. The van der Waals surface area contributed by atoms with Crippen LogP contribution in [0.5, 0.6) is 0 Å². The summed E-state index contributed by atoms with van der Waals surface area (Å²) in [6.07, 6.45) is 1.59. The lowest BCUT2D eigenvalue weighted by Crippen LogP contribution is -2.03. The zero-order chi connectivity index (χ0) is 14.1. The van der Waals surface area contributed by atoms with Gasteiger partial charge in [-0.25, -0.2) is 0 Å². The number of hydrogen-bond donors (Lipinski definition) is 0. The van der Waals surface area contributed by atoms with Gasteiger partial charge in [0.25, 0.3) is 0 Å². The van der Waals surface area contributed by atoms with E-state index in [1.165, 1.54) is 0 Å². The maximum Gasteiger partial charge on any atom is 0.247 e. The molecule has 0 amide bonds. The molecule has 0 aliphatic heterocycles. The Bertz CT molecular complexity index is 733. The number of benzene rings is 1. The van der Waals surface area contributed by atoms with Crippen molar-refractivity contribution in [2.45, 2.75) is 13.5 Å². The van der Waals surface area contributed by atoms with Crippen LogP contribution < -0.4 is 0 Å². The lowest BCUT2D eigenvalue weighted by Gasteiger charge is -1.99. The fraction of sp³-hybridized carbons (Fsp3) is 0.154. The van der Waals surface area contributed by atoms with Crippen molar-refractivity contribution in [1.29, 1.82) is 0 Å². The summed E-state index contributed by atoms with van der Waals surface area (Å²) in [5.74, 6) is 0.922. The Morgan fingerprint density at radius 1 is 1.15 bits per heavy atom. The number of hydrogen-bond acceptors (Lipinski definition) is 4. The van der Waals surface area contributed by atoms with Crippen molar-refractivity contribution in [3.63, 3.8) is 0 Å². The third-order valence-corrected chi connectivity index (χ3v) is 3.51. The largest absolute Gasteiger partial charge is 0.419 e. The topological polar surface area (TPSA) is 56.7 Å². The van der Waals surface area contributed by atoms with Crippen LogP contribution in [0, 0.1) is 6.92 Å². The molecule has 0 unspecified atom stereocenters. The van der Waals surface area contributed by atoms with Gasteiger partial charge in [0, 0.05) is 10.6 Å².